The lowest BCUT2D eigenvalue weighted by Gasteiger charge is -2.11. The van der Waals surface area contributed by atoms with E-state index in [1.54, 1.807) is 0 Å². The zero-order valence-corrected chi connectivity index (χ0v) is 11.1. The maximum atomic E-state index is 5.67. The molecule has 1 heterocycles. The van der Waals surface area contributed by atoms with Crippen LogP contribution in [0, 0.1) is 6.92 Å². The summed E-state index contributed by atoms with van der Waals surface area (Å²) in [7, 11) is 4.04. The second-order valence-corrected chi connectivity index (χ2v) is 4.50. The Morgan fingerprint density at radius 2 is 1.89 bits per heavy atom. The lowest BCUT2D eigenvalue weighted by atomic mass is 10.2. The molecule has 0 amide bonds. The Labute approximate surface area is 107 Å². The first-order valence-corrected chi connectivity index (χ1v) is 6.06. The van der Waals surface area contributed by atoms with Gasteiger partial charge in [0.15, 0.2) is 0 Å². The SMILES string of the molecule is Cc1oc(-c2ccc(N(C)C)cc2)nc1CCN. The summed E-state index contributed by atoms with van der Waals surface area (Å²) in [6, 6.07) is 8.15. The third kappa shape index (κ3) is 2.54. The predicted octanol–water partition coefficient (Wildman–Crippen LogP) is 2.22. The summed E-state index contributed by atoms with van der Waals surface area (Å²) < 4.78 is 5.67. The lowest BCUT2D eigenvalue weighted by Crippen LogP contribution is -2.07. The van der Waals surface area contributed by atoms with Crippen molar-refractivity contribution in [1.29, 1.82) is 0 Å². The zero-order chi connectivity index (χ0) is 13.1. The van der Waals surface area contributed by atoms with E-state index in [0.717, 1.165) is 29.1 Å². The third-order valence-corrected chi connectivity index (χ3v) is 2.90. The Bertz CT molecular complexity index is 514. The van der Waals surface area contributed by atoms with E-state index in [4.69, 9.17) is 10.2 Å². The quantitative estimate of drug-likeness (QED) is 0.897. The highest BCUT2D eigenvalue weighted by atomic mass is 16.4. The predicted molar refractivity (Wildman–Crippen MR) is 73.8 cm³/mol. The van der Waals surface area contributed by atoms with E-state index in [1.165, 1.54) is 0 Å². The number of hydrogen-bond acceptors (Lipinski definition) is 4. The topological polar surface area (TPSA) is 55.3 Å². The number of nitrogens with two attached hydrogens (primary N) is 1. The molecular weight excluding hydrogens is 226 g/mol. The van der Waals surface area contributed by atoms with Crippen molar-refractivity contribution >= 4 is 5.69 Å². The highest BCUT2D eigenvalue weighted by molar-refractivity contribution is 5.59. The minimum Gasteiger partial charge on any atom is -0.441 e. The summed E-state index contributed by atoms with van der Waals surface area (Å²) in [6.07, 6.45) is 0.755. The van der Waals surface area contributed by atoms with E-state index in [2.05, 4.69) is 22.0 Å². The molecule has 0 saturated carbocycles. The summed E-state index contributed by atoms with van der Waals surface area (Å²) in [5.74, 6) is 1.52. The van der Waals surface area contributed by atoms with E-state index in [9.17, 15) is 0 Å². The van der Waals surface area contributed by atoms with Gasteiger partial charge < -0.3 is 15.1 Å². The van der Waals surface area contributed by atoms with Gasteiger partial charge in [-0.25, -0.2) is 4.98 Å². The van der Waals surface area contributed by atoms with Crippen LogP contribution in [0.3, 0.4) is 0 Å². The molecule has 18 heavy (non-hydrogen) atoms. The van der Waals surface area contributed by atoms with Crippen molar-refractivity contribution < 1.29 is 4.42 Å². The molecule has 0 unspecified atom stereocenters. The standard InChI is InChI=1S/C14H19N3O/c1-10-13(8-9-15)16-14(18-10)11-4-6-12(7-5-11)17(2)3/h4-7H,8-9,15H2,1-3H3. The third-order valence-electron chi connectivity index (χ3n) is 2.90. The number of aryl methyl sites for hydroxylation is 1. The molecule has 2 N–H and O–H groups in total. The van der Waals surface area contributed by atoms with Crippen LogP contribution in [0.1, 0.15) is 11.5 Å². The molecule has 0 aliphatic carbocycles. The summed E-state index contributed by atoms with van der Waals surface area (Å²) >= 11 is 0. The van der Waals surface area contributed by atoms with Crippen LogP contribution < -0.4 is 10.6 Å². The molecule has 0 atom stereocenters. The maximum Gasteiger partial charge on any atom is 0.226 e. The number of rotatable bonds is 4. The van der Waals surface area contributed by atoms with E-state index >= 15 is 0 Å². The molecule has 2 aromatic rings. The second kappa shape index (κ2) is 5.23. The van der Waals surface area contributed by atoms with Crippen molar-refractivity contribution in [3.63, 3.8) is 0 Å². The Morgan fingerprint density at radius 3 is 2.44 bits per heavy atom. The van der Waals surface area contributed by atoms with Crippen LogP contribution in [0.15, 0.2) is 28.7 Å². The molecule has 1 aromatic heterocycles. The van der Waals surface area contributed by atoms with Gasteiger partial charge in [-0.05, 0) is 37.7 Å². The number of benzene rings is 1. The van der Waals surface area contributed by atoms with Gasteiger partial charge in [-0.2, -0.15) is 0 Å². The normalized spacial score (nSPS) is 10.7. The molecule has 4 nitrogen and oxygen atoms in total. The molecule has 2 rings (SSSR count). The van der Waals surface area contributed by atoms with Crippen LogP contribution in [0.2, 0.25) is 0 Å². The molecule has 0 saturated heterocycles. The molecule has 0 fully saturated rings. The number of hydrogen-bond donors (Lipinski definition) is 1. The van der Waals surface area contributed by atoms with Crippen LogP contribution in [0.25, 0.3) is 11.5 Å². The number of aromatic nitrogens is 1. The molecule has 0 bridgehead atoms. The van der Waals surface area contributed by atoms with E-state index in [-0.39, 0.29) is 0 Å². The molecule has 0 radical (unpaired) electrons. The summed E-state index contributed by atoms with van der Waals surface area (Å²) in [6.45, 7) is 2.52. The van der Waals surface area contributed by atoms with Gasteiger partial charge in [0.25, 0.3) is 0 Å². The van der Waals surface area contributed by atoms with Crippen LogP contribution in [0.4, 0.5) is 5.69 Å². The number of nitrogens with zero attached hydrogens (tertiary/aromatic N) is 2. The van der Waals surface area contributed by atoms with Gasteiger partial charge in [0.2, 0.25) is 5.89 Å². The first kappa shape index (κ1) is 12.6. The highest BCUT2D eigenvalue weighted by Crippen LogP contribution is 2.24. The minimum absolute atomic E-state index is 0.590. The summed E-state index contributed by atoms with van der Waals surface area (Å²) in [5.41, 5.74) is 8.64. The van der Waals surface area contributed by atoms with Gasteiger partial charge >= 0.3 is 0 Å². The average molecular weight is 245 g/mol. The number of anilines is 1. The van der Waals surface area contributed by atoms with Gasteiger partial charge in [-0.3, -0.25) is 0 Å². The molecule has 0 spiro atoms. The van der Waals surface area contributed by atoms with Crippen LogP contribution in [0.5, 0.6) is 0 Å². The lowest BCUT2D eigenvalue weighted by molar-refractivity contribution is 0.539. The van der Waals surface area contributed by atoms with Crippen molar-refractivity contribution in [2.24, 2.45) is 5.73 Å². The highest BCUT2D eigenvalue weighted by Gasteiger charge is 2.10. The largest absolute Gasteiger partial charge is 0.441 e. The molecule has 1 aromatic carbocycles. The Hall–Kier alpha value is -1.81. The minimum atomic E-state index is 0.590. The first-order chi connectivity index (χ1) is 8.61. The first-order valence-electron chi connectivity index (χ1n) is 6.06. The van der Waals surface area contributed by atoms with Crippen molar-refractivity contribution in [3.05, 3.63) is 35.7 Å². The second-order valence-electron chi connectivity index (χ2n) is 4.50. The fourth-order valence-electron chi connectivity index (χ4n) is 1.82. The summed E-state index contributed by atoms with van der Waals surface area (Å²) in [5, 5.41) is 0. The Balaban J connectivity index is 2.28. The zero-order valence-electron chi connectivity index (χ0n) is 11.1. The van der Waals surface area contributed by atoms with Gasteiger partial charge in [0, 0.05) is 31.8 Å². The van der Waals surface area contributed by atoms with Crippen molar-refractivity contribution in [3.8, 4) is 11.5 Å². The van der Waals surface area contributed by atoms with E-state index in [0.29, 0.717) is 12.4 Å². The summed E-state index contributed by atoms with van der Waals surface area (Å²) in [4.78, 5) is 6.54. The molecule has 0 aliphatic heterocycles. The Kier molecular flexibility index (Phi) is 3.67. The molecular formula is C14H19N3O. The van der Waals surface area contributed by atoms with Crippen molar-refractivity contribution in [2.45, 2.75) is 13.3 Å². The van der Waals surface area contributed by atoms with Crippen molar-refractivity contribution in [2.75, 3.05) is 25.5 Å². The molecule has 0 aliphatic rings. The van der Waals surface area contributed by atoms with Gasteiger partial charge in [0.05, 0.1) is 5.69 Å². The average Bonchev–Trinajstić information content (AvgIpc) is 2.72. The molecule has 96 valence electrons. The van der Waals surface area contributed by atoms with Crippen LogP contribution in [-0.4, -0.2) is 25.6 Å². The molecule has 4 heteroatoms. The monoisotopic (exact) mass is 245 g/mol. The van der Waals surface area contributed by atoms with Gasteiger partial charge in [0.1, 0.15) is 5.76 Å². The van der Waals surface area contributed by atoms with Crippen LogP contribution >= 0.6 is 0 Å². The van der Waals surface area contributed by atoms with Gasteiger partial charge in [-0.15, -0.1) is 0 Å². The fourth-order valence-corrected chi connectivity index (χ4v) is 1.82. The smallest absolute Gasteiger partial charge is 0.226 e. The maximum absolute atomic E-state index is 5.67. The Morgan fingerprint density at radius 1 is 1.22 bits per heavy atom. The van der Waals surface area contributed by atoms with E-state index < -0.39 is 0 Å². The van der Waals surface area contributed by atoms with Gasteiger partial charge in [-0.1, -0.05) is 0 Å². The van der Waals surface area contributed by atoms with Crippen LogP contribution in [-0.2, 0) is 6.42 Å². The number of oxazole rings is 1. The van der Waals surface area contributed by atoms with E-state index in [1.807, 2.05) is 33.2 Å². The fraction of sp³-hybridized carbons (Fsp3) is 0.357. The van der Waals surface area contributed by atoms with Crippen molar-refractivity contribution in [1.82, 2.24) is 4.98 Å².